The van der Waals surface area contributed by atoms with Crippen LogP contribution in [0.15, 0.2) is 17.5 Å². The number of anilines is 1. The molecule has 0 aromatic carbocycles. The van der Waals surface area contributed by atoms with E-state index in [1.54, 1.807) is 0 Å². The number of carbonyl (C=O) groups is 1. The standard InChI is InChI=1S/C9H14N2OS/c1-6(2)8(10)9(12)11-7-4-3-5-13-7/h3-6,8H,10H2,1-2H3,(H,11,12)/t8-/m0/s1. The second-order valence-electron chi connectivity index (χ2n) is 3.24. The Balaban J connectivity index is 2.51. The molecule has 1 heterocycles. The second-order valence-corrected chi connectivity index (χ2v) is 4.18. The maximum Gasteiger partial charge on any atom is 0.242 e. The van der Waals surface area contributed by atoms with Crippen molar-refractivity contribution in [3.05, 3.63) is 17.5 Å². The molecule has 0 saturated heterocycles. The molecular formula is C9H14N2OS. The molecule has 13 heavy (non-hydrogen) atoms. The molecule has 0 bridgehead atoms. The van der Waals surface area contributed by atoms with E-state index in [2.05, 4.69) is 5.32 Å². The summed E-state index contributed by atoms with van der Waals surface area (Å²) in [6.45, 7) is 3.86. The van der Waals surface area contributed by atoms with Crippen molar-refractivity contribution in [3.63, 3.8) is 0 Å². The minimum Gasteiger partial charge on any atom is -0.320 e. The summed E-state index contributed by atoms with van der Waals surface area (Å²) in [5, 5.41) is 5.52. The fourth-order valence-corrected chi connectivity index (χ4v) is 1.48. The maximum atomic E-state index is 11.4. The van der Waals surface area contributed by atoms with Gasteiger partial charge in [0.2, 0.25) is 5.91 Å². The highest BCUT2D eigenvalue weighted by Gasteiger charge is 2.16. The van der Waals surface area contributed by atoms with E-state index in [4.69, 9.17) is 5.73 Å². The van der Waals surface area contributed by atoms with Crippen molar-refractivity contribution in [2.24, 2.45) is 11.7 Å². The summed E-state index contributed by atoms with van der Waals surface area (Å²) in [4.78, 5) is 11.4. The lowest BCUT2D eigenvalue weighted by atomic mass is 10.1. The van der Waals surface area contributed by atoms with E-state index in [9.17, 15) is 4.79 Å². The molecular weight excluding hydrogens is 184 g/mol. The number of nitrogens with two attached hydrogens (primary N) is 1. The van der Waals surface area contributed by atoms with Crippen molar-refractivity contribution < 1.29 is 4.79 Å². The topological polar surface area (TPSA) is 55.1 Å². The third kappa shape index (κ3) is 2.82. The summed E-state index contributed by atoms with van der Waals surface area (Å²) in [7, 11) is 0. The van der Waals surface area contributed by atoms with Crippen molar-refractivity contribution in [2.45, 2.75) is 19.9 Å². The minimum absolute atomic E-state index is 0.113. The third-order valence-corrected chi connectivity index (χ3v) is 2.57. The summed E-state index contributed by atoms with van der Waals surface area (Å²) in [6, 6.07) is 3.32. The predicted octanol–water partition coefficient (Wildman–Crippen LogP) is 1.67. The molecule has 0 radical (unpaired) electrons. The first kappa shape index (κ1) is 10.2. The number of hydrogen-bond donors (Lipinski definition) is 2. The first-order valence-corrected chi connectivity index (χ1v) is 5.09. The molecule has 4 heteroatoms. The quantitative estimate of drug-likeness (QED) is 0.776. The highest BCUT2D eigenvalue weighted by Crippen LogP contribution is 2.15. The van der Waals surface area contributed by atoms with E-state index < -0.39 is 6.04 Å². The lowest BCUT2D eigenvalue weighted by Gasteiger charge is -2.14. The van der Waals surface area contributed by atoms with Gasteiger partial charge in [0, 0.05) is 0 Å². The van der Waals surface area contributed by atoms with Crippen molar-refractivity contribution >= 4 is 22.2 Å². The summed E-state index contributed by atoms with van der Waals surface area (Å²) >= 11 is 1.49. The molecule has 1 atom stereocenters. The molecule has 0 saturated carbocycles. The van der Waals surface area contributed by atoms with E-state index in [-0.39, 0.29) is 11.8 Å². The Hall–Kier alpha value is -0.870. The maximum absolute atomic E-state index is 11.4. The Bertz CT molecular complexity index is 269. The molecule has 1 amide bonds. The van der Waals surface area contributed by atoms with Gasteiger partial charge in [0.25, 0.3) is 0 Å². The Labute approximate surface area is 81.9 Å². The van der Waals surface area contributed by atoms with Crippen molar-refractivity contribution in [3.8, 4) is 0 Å². The molecule has 0 fully saturated rings. The monoisotopic (exact) mass is 198 g/mol. The zero-order valence-electron chi connectivity index (χ0n) is 7.78. The zero-order chi connectivity index (χ0) is 9.84. The van der Waals surface area contributed by atoms with Gasteiger partial charge in [-0.1, -0.05) is 13.8 Å². The largest absolute Gasteiger partial charge is 0.320 e. The zero-order valence-corrected chi connectivity index (χ0v) is 8.60. The van der Waals surface area contributed by atoms with Gasteiger partial charge in [-0.3, -0.25) is 4.79 Å². The lowest BCUT2D eigenvalue weighted by molar-refractivity contribution is -0.118. The van der Waals surface area contributed by atoms with Crippen LogP contribution < -0.4 is 11.1 Å². The average Bonchev–Trinajstić information content (AvgIpc) is 2.55. The number of nitrogens with one attached hydrogen (secondary N) is 1. The number of carbonyl (C=O) groups excluding carboxylic acids is 1. The number of hydrogen-bond acceptors (Lipinski definition) is 3. The molecule has 1 rings (SSSR count). The molecule has 1 aromatic heterocycles. The smallest absolute Gasteiger partial charge is 0.242 e. The van der Waals surface area contributed by atoms with Gasteiger partial charge in [-0.15, -0.1) is 11.3 Å². The fourth-order valence-electron chi connectivity index (χ4n) is 0.857. The van der Waals surface area contributed by atoms with Crippen LogP contribution >= 0.6 is 11.3 Å². The highest BCUT2D eigenvalue weighted by molar-refractivity contribution is 7.14. The first-order chi connectivity index (χ1) is 6.11. The number of amides is 1. The molecule has 0 aliphatic carbocycles. The van der Waals surface area contributed by atoms with Crippen LogP contribution in [0, 0.1) is 5.92 Å². The Kier molecular flexibility index (Phi) is 3.45. The highest BCUT2D eigenvalue weighted by atomic mass is 32.1. The molecule has 0 unspecified atom stereocenters. The van der Waals surface area contributed by atoms with E-state index >= 15 is 0 Å². The fraction of sp³-hybridized carbons (Fsp3) is 0.444. The second kappa shape index (κ2) is 4.39. The normalized spacial score (nSPS) is 12.9. The van der Waals surface area contributed by atoms with Crippen LogP contribution in [0.3, 0.4) is 0 Å². The van der Waals surface area contributed by atoms with E-state index in [0.29, 0.717) is 0 Å². The van der Waals surface area contributed by atoms with Crippen molar-refractivity contribution in [1.82, 2.24) is 0 Å². The summed E-state index contributed by atoms with van der Waals surface area (Å²) in [6.07, 6.45) is 0. The van der Waals surface area contributed by atoms with Gasteiger partial charge in [-0.05, 0) is 23.4 Å². The van der Waals surface area contributed by atoms with Crippen LogP contribution in [-0.4, -0.2) is 11.9 Å². The molecule has 0 aliphatic heterocycles. The van der Waals surface area contributed by atoms with Gasteiger partial charge in [-0.25, -0.2) is 0 Å². The number of thiophene rings is 1. The van der Waals surface area contributed by atoms with Gasteiger partial charge >= 0.3 is 0 Å². The Morgan fingerprint density at radius 1 is 1.62 bits per heavy atom. The van der Waals surface area contributed by atoms with E-state index in [1.165, 1.54) is 11.3 Å². The van der Waals surface area contributed by atoms with Gasteiger partial charge in [0.15, 0.2) is 0 Å². The van der Waals surface area contributed by atoms with Crippen LogP contribution in [0.4, 0.5) is 5.00 Å². The van der Waals surface area contributed by atoms with Crippen LogP contribution in [0.5, 0.6) is 0 Å². The molecule has 3 N–H and O–H groups in total. The average molecular weight is 198 g/mol. The SMILES string of the molecule is CC(C)[C@H](N)C(=O)Nc1cccs1. The van der Waals surface area contributed by atoms with Crippen molar-refractivity contribution in [1.29, 1.82) is 0 Å². The molecule has 1 aromatic rings. The van der Waals surface area contributed by atoms with E-state index in [1.807, 2.05) is 31.4 Å². The van der Waals surface area contributed by atoms with Crippen molar-refractivity contribution in [2.75, 3.05) is 5.32 Å². The molecule has 72 valence electrons. The molecule has 0 aliphatic rings. The first-order valence-electron chi connectivity index (χ1n) is 4.21. The molecule has 3 nitrogen and oxygen atoms in total. The lowest BCUT2D eigenvalue weighted by Crippen LogP contribution is -2.39. The Morgan fingerprint density at radius 3 is 2.77 bits per heavy atom. The van der Waals surface area contributed by atoms with Crippen LogP contribution in [0.2, 0.25) is 0 Å². The van der Waals surface area contributed by atoms with Gasteiger partial charge < -0.3 is 11.1 Å². The predicted molar refractivity (Wildman–Crippen MR) is 55.8 cm³/mol. The third-order valence-electron chi connectivity index (χ3n) is 1.79. The summed E-state index contributed by atoms with van der Waals surface area (Å²) < 4.78 is 0. The summed E-state index contributed by atoms with van der Waals surface area (Å²) in [5.41, 5.74) is 5.67. The van der Waals surface area contributed by atoms with Crippen LogP contribution in [0.1, 0.15) is 13.8 Å². The Morgan fingerprint density at radius 2 is 2.31 bits per heavy atom. The summed E-state index contributed by atoms with van der Waals surface area (Å²) in [5.74, 6) is 0.0532. The van der Waals surface area contributed by atoms with Gasteiger partial charge in [0.05, 0.1) is 11.0 Å². The minimum atomic E-state index is -0.429. The number of rotatable bonds is 3. The molecule has 0 spiro atoms. The van der Waals surface area contributed by atoms with Gasteiger partial charge in [0.1, 0.15) is 0 Å². The van der Waals surface area contributed by atoms with Crippen LogP contribution in [-0.2, 0) is 4.79 Å². The van der Waals surface area contributed by atoms with Gasteiger partial charge in [-0.2, -0.15) is 0 Å². The van der Waals surface area contributed by atoms with E-state index in [0.717, 1.165) is 5.00 Å². The van der Waals surface area contributed by atoms with Crippen LogP contribution in [0.25, 0.3) is 0 Å².